The second-order valence-corrected chi connectivity index (χ2v) is 8.63. The molecule has 0 bridgehead atoms. The molecule has 0 unspecified atom stereocenters. The van der Waals surface area contributed by atoms with Crippen LogP contribution in [0.5, 0.6) is 5.75 Å². The molecule has 3 aromatic rings. The number of hydrogen-bond acceptors (Lipinski definition) is 5. The average Bonchev–Trinajstić information content (AvgIpc) is 3.12. The number of nitrogens with zero attached hydrogens (tertiary/aromatic N) is 3. The van der Waals surface area contributed by atoms with Gasteiger partial charge in [0.2, 0.25) is 5.91 Å². The summed E-state index contributed by atoms with van der Waals surface area (Å²) in [4.78, 5) is 12.3. The van der Waals surface area contributed by atoms with Crippen LogP contribution in [0, 0.1) is 6.92 Å². The molecule has 31 heavy (non-hydrogen) atoms. The van der Waals surface area contributed by atoms with Gasteiger partial charge in [0.1, 0.15) is 12.4 Å². The Morgan fingerprint density at radius 3 is 2.65 bits per heavy atom. The molecule has 1 aromatic heterocycles. The normalized spacial score (nSPS) is 10.7. The smallest absolute Gasteiger partial charge is 0.234 e. The number of allylic oxidation sites excluding steroid dienone is 1. The summed E-state index contributed by atoms with van der Waals surface area (Å²) in [5.41, 5.74) is 1.50. The molecule has 0 aliphatic rings. The number of anilines is 1. The lowest BCUT2D eigenvalue weighted by Crippen LogP contribution is -2.15. The maximum atomic E-state index is 12.3. The molecule has 10 heteroatoms. The highest BCUT2D eigenvalue weighted by Crippen LogP contribution is 2.26. The molecule has 0 fully saturated rings. The number of nitrogens with one attached hydrogen (secondary N) is 1. The van der Waals surface area contributed by atoms with Gasteiger partial charge < -0.3 is 10.1 Å². The van der Waals surface area contributed by atoms with Crippen molar-refractivity contribution in [2.75, 3.05) is 11.1 Å². The summed E-state index contributed by atoms with van der Waals surface area (Å²) in [7, 11) is 0. The van der Waals surface area contributed by atoms with Gasteiger partial charge in [-0.25, -0.2) is 0 Å². The maximum absolute atomic E-state index is 12.3. The first-order valence-corrected chi connectivity index (χ1v) is 11.3. The van der Waals surface area contributed by atoms with Gasteiger partial charge in [-0.3, -0.25) is 9.36 Å². The van der Waals surface area contributed by atoms with Crippen LogP contribution in [-0.2, 0) is 17.9 Å². The van der Waals surface area contributed by atoms with Crippen molar-refractivity contribution >= 4 is 58.2 Å². The minimum absolute atomic E-state index is 0.146. The van der Waals surface area contributed by atoms with Crippen LogP contribution >= 0.6 is 46.6 Å². The van der Waals surface area contributed by atoms with Crippen LogP contribution in [0.4, 0.5) is 5.69 Å². The number of rotatable bonds is 9. The summed E-state index contributed by atoms with van der Waals surface area (Å²) in [6.07, 6.45) is 1.74. The molecule has 1 heterocycles. The van der Waals surface area contributed by atoms with Crippen molar-refractivity contribution in [2.45, 2.75) is 25.2 Å². The number of aromatic nitrogens is 3. The van der Waals surface area contributed by atoms with Crippen LogP contribution in [0.15, 0.2) is 54.2 Å². The molecule has 0 aliphatic carbocycles. The molecular weight excluding hydrogens is 479 g/mol. The monoisotopic (exact) mass is 496 g/mol. The molecule has 0 spiro atoms. The van der Waals surface area contributed by atoms with Crippen molar-refractivity contribution in [1.82, 2.24) is 14.8 Å². The fourth-order valence-electron chi connectivity index (χ4n) is 2.60. The fourth-order valence-corrected chi connectivity index (χ4v) is 3.78. The first-order chi connectivity index (χ1) is 14.9. The molecule has 6 nitrogen and oxygen atoms in total. The Hall–Kier alpha value is -2.19. The van der Waals surface area contributed by atoms with Crippen molar-refractivity contribution in [3.63, 3.8) is 0 Å². The Labute approximate surface area is 199 Å². The van der Waals surface area contributed by atoms with E-state index >= 15 is 0 Å². The van der Waals surface area contributed by atoms with E-state index in [0.717, 1.165) is 5.56 Å². The SMILES string of the molecule is C=CCn1c(COc2ccc(Cl)c(C)c2)nnc1SCC(=O)Nc1ccc(Cl)c(Cl)c1. The number of carbonyl (C=O) groups excluding carboxylic acids is 1. The molecule has 0 atom stereocenters. The van der Waals surface area contributed by atoms with Crippen molar-refractivity contribution in [3.8, 4) is 5.75 Å². The van der Waals surface area contributed by atoms with Crippen molar-refractivity contribution in [1.29, 1.82) is 0 Å². The molecule has 3 rings (SSSR count). The van der Waals surface area contributed by atoms with Gasteiger partial charge in [-0.2, -0.15) is 0 Å². The lowest BCUT2D eigenvalue weighted by molar-refractivity contribution is -0.113. The molecule has 2 aromatic carbocycles. The summed E-state index contributed by atoms with van der Waals surface area (Å²) >= 11 is 19.2. The number of aryl methyl sites for hydroxylation is 1. The largest absolute Gasteiger partial charge is 0.486 e. The van der Waals surface area contributed by atoms with Gasteiger partial charge in [0.25, 0.3) is 0 Å². The maximum Gasteiger partial charge on any atom is 0.234 e. The van der Waals surface area contributed by atoms with Crippen molar-refractivity contribution < 1.29 is 9.53 Å². The zero-order chi connectivity index (χ0) is 22.4. The van der Waals surface area contributed by atoms with Gasteiger partial charge in [0.05, 0.1) is 15.8 Å². The summed E-state index contributed by atoms with van der Waals surface area (Å²) in [6.45, 7) is 6.40. The van der Waals surface area contributed by atoms with Crippen LogP contribution in [0.3, 0.4) is 0 Å². The minimum atomic E-state index is -0.203. The Balaban J connectivity index is 1.62. The zero-order valence-electron chi connectivity index (χ0n) is 16.6. The molecule has 162 valence electrons. The van der Waals surface area contributed by atoms with E-state index in [-0.39, 0.29) is 18.3 Å². The van der Waals surface area contributed by atoms with Gasteiger partial charge >= 0.3 is 0 Å². The predicted molar refractivity (Wildman–Crippen MR) is 127 cm³/mol. The lowest BCUT2D eigenvalue weighted by Gasteiger charge is -2.10. The Bertz CT molecular complexity index is 1100. The Morgan fingerprint density at radius 2 is 1.94 bits per heavy atom. The molecule has 0 radical (unpaired) electrons. The quantitative estimate of drug-likeness (QED) is 0.288. The van der Waals surface area contributed by atoms with Crippen LogP contribution in [0.1, 0.15) is 11.4 Å². The topological polar surface area (TPSA) is 69.0 Å². The number of thioether (sulfide) groups is 1. The predicted octanol–water partition coefficient (Wildman–Crippen LogP) is 6.04. The van der Waals surface area contributed by atoms with E-state index < -0.39 is 0 Å². The second-order valence-electron chi connectivity index (χ2n) is 6.46. The van der Waals surface area contributed by atoms with E-state index in [2.05, 4.69) is 22.1 Å². The fraction of sp³-hybridized carbons (Fsp3) is 0.190. The van der Waals surface area contributed by atoms with E-state index in [0.29, 0.717) is 44.0 Å². The number of benzene rings is 2. The summed E-state index contributed by atoms with van der Waals surface area (Å²) in [6, 6.07) is 10.4. The second kappa shape index (κ2) is 10.9. The molecule has 1 N–H and O–H groups in total. The zero-order valence-corrected chi connectivity index (χ0v) is 19.7. The van der Waals surface area contributed by atoms with E-state index in [9.17, 15) is 4.79 Å². The number of carbonyl (C=O) groups is 1. The highest BCUT2D eigenvalue weighted by Gasteiger charge is 2.15. The van der Waals surface area contributed by atoms with E-state index in [4.69, 9.17) is 39.5 Å². The van der Waals surface area contributed by atoms with Crippen LogP contribution in [0.2, 0.25) is 15.1 Å². The van der Waals surface area contributed by atoms with Gasteiger partial charge in [0.15, 0.2) is 11.0 Å². The van der Waals surface area contributed by atoms with Crippen molar-refractivity contribution in [2.24, 2.45) is 0 Å². The molecule has 0 saturated heterocycles. The van der Waals surface area contributed by atoms with Crippen LogP contribution < -0.4 is 10.1 Å². The van der Waals surface area contributed by atoms with Crippen LogP contribution in [-0.4, -0.2) is 26.4 Å². The number of amides is 1. The van der Waals surface area contributed by atoms with E-state index in [1.54, 1.807) is 36.4 Å². The average molecular weight is 498 g/mol. The standard InChI is InChI=1S/C21H19Cl3N4O2S/c1-3-8-28-19(11-30-15-5-7-16(22)13(2)9-15)26-27-21(28)31-12-20(29)25-14-4-6-17(23)18(24)10-14/h3-7,9-10H,1,8,11-12H2,2H3,(H,25,29). The first-order valence-electron chi connectivity index (χ1n) is 9.17. The minimum Gasteiger partial charge on any atom is -0.486 e. The highest BCUT2D eigenvalue weighted by atomic mass is 35.5. The highest BCUT2D eigenvalue weighted by molar-refractivity contribution is 7.99. The third kappa shape index (κ3) is 6.40. The van der Waals surface area contributed by atoms with Gasteiger partial charge in [0, 0.05) is 17.3 Å². The third-order valence-corrected chi connectivity index (χ3v) is 6.27. The van der Waals surface area contributed by atoms with Crippen LogP contribution in [0.25, 0.3) is 0 Å². The van der Waals surface area contributed by atoms with Crippen molar-refractivity contribution in [3.05, 3.63) is 75.5 Å². The van der Waals surface area contributed by atoms with E-state index in [1.807, 2.05) is 17.6 Å². The third-order valence-electron chi connectivity index (χ3n) is 4.14. The summed E-state index contributed by atoms with van der Waals surface area (Å²) in [5, 5.41) is 13.2. The molecule has 0 aliphatic heterocycles. The molecule has 0 saturated carbocycles. The summed E-state index contributed by atoms with van der Waals surface area (Å²) < 4.78 is 7.68. The Morgan fingerprint density at radius 1 is 1.16 bits per heavy atom. The first kappa shape index (κ1) is 23.5. The van der Waals surface area contributed by atoms with E-state index in [1.165, 1.54) is 11.8 Å². The molecular formula is C21H19Cl3N4O2S. The lowest BCUT2D eigenvalue weighted by atomic mass is 10.2. The number of ether oxygens (including phenoxy) is 1. The molecule has 1 amide bonds. The summed E-state index contributed by atoms with van der Waals surface area (Å²) in [5.74, 6) is 1.25. The number of hydrogen-bond donors (Lipinski definition) is 1. The van der Waals surface area contributed by atoms with Gasteiger partial charge in [-0.15, -0.1) is 16.8 Å². The Kier molecular flexibility index (Phi) is 8.26. The number of halogens is 3. The van der Waals surface area contributed by atoms with Gasteiger partial charge in [-0.1, -0.05) is 52.6 Å². The van der Waals surface area contributed by atoms with Gasteiger partial charge in [-0.05, 0) is 48.9 Å².